The minimum absolute atomic E-state index is 0.0646. The van der Waals surface area contributed by atoms with E-state index in [9.17, 15) is 14.9 Å². The molecule has 24 heavy (non-hydrogen) atoms. The highest BCUT2D eigenvalue weighted by molar-refractivity contribution is 5.79. The van der Waals surface area contributed by atoms with Crippen LogP contribution in [0.1, 0.15) is 52.4 Å². The van der Waals surface area contributed by atoms with Gasteiger partial charge < -0.3 is 10.2 Å². The molecule has 2 aliphatic heterocycles. The monoisotopic (exact) mass is 332 g/mol. The second kappa shape index (κ2) is 6.72. The first-order valence-electron chi connectivity index (χ1n) is 9.18. The first-order valence-corrected chi connectivity index (χ1v) is 9.18. The molecule has 1 N–H and O–H groups in total. The lowest BCUT2D eigenvalue weighted by molar-refractivity contribution is -0.130. The van der Waals surface area contributed by atoms with Gasteiger partial charge in [-0.15, -0.1) is 0 Å². The van der Waals surface area contributed by atoms with Gasteiger partial charge in [0.2, 0.25) is 11.8 Å². The summed E-state index contributed by atoms with van der Waals surface area (Å²) in [5.74, 6) is 0.369. The van der Waals surface area contributed by atoms with Crippen molar-refractivity contribution in [2.24, 2.45) is 5.92 Å². The van der Waals surface area contributed by atoms with Gasteiger partial charge in [0.05, 0.1) is 12.6 Å². The van der Waals surface area contributed by atoms with Gasteiger partial charge in [0.15, 0.2) is 0 Å². The maximum Gasteiger partial charge on any atom is 0.235 e. The third kappa shape index (κ3) is 3.41. The normalized spacial score (nSPS) is 30.0. The van der Waals surface area contributed by atoms with Gasteiger partial charge in [-0.05, 0) is 57.9 Å². The molecule has 6 heteroatoms. The molecule has 0 aromatic rings. The molecular formula is C18H28N4O2. The standard InChI is InChI=1S/C18H28N4O2/c1-13(23)22-10-4-6-16(22)15-5-3-9-21(15)11-17(24)20-18(2,12-19)14-7-8-14/h14-16H,3-11H2,1-2H3,(H,20,24)/t15-,16+,18+/m0/s1. The quantitative estimate of drug-likeness (QED) is 0.822. The van der Waals surface area contributed by atoms with Crippen LogP contribution in [0.4, 0.5) is 0 Å². The Labute approximate surface area is 144 Å². The van der Waals surface area contributed by atoms with Crippen molar-refractivity contribution < 1.29 is 9.59 Å². The first kappa shape index (κ1) is 17.2. The van der Waals surface area contributed by atoms with Crippen molar-refractivity contribution in [3.05, 3.63) is 0 Å². The highest BCUT2D eigenvalue weighted by Crippen LogP contribution is 2.39. The Hall–Kier alpha value is -1.61. The van der Waals surface area contributed by atoms with Crippen molar-refractivity contribution in [1.29, 1.82) is 5.26 Å². The summed E-state index contributed by atoms with van der Waals surface area (Å²) in [5.41, 5.74) is -0.731. The van der Waals surface area contributed by atoms with Gasteiger partial charge in [-0.1, -0.05) is 0 Å². The SMILES string of the molecule is CC(=O)N1CCC[C@@H]1[C@@H]1CCCN1CC(=O)N[C@](C)(C#N)C1CC1. The molecule has 132 valence electrons. The molecule has 3 rings (SSSR count). The van der Waals surface area contributed by atoms with Crippen LogP contribution in [0.15, 0.2) is 0 Å². The Bertz CT molecular complexity index is 554. The number of amides is 2. The predicted octanol–water partition coefficient (Wildman–Crippen LogP) is 1.27. The van der Waals surface area contributed by atoms with Gasteiger partial charge in [0.25, 0.3) is 0 Å². The van der Waals surface area contributed by atoms with E-state index in [2.05, 4.69) is 16.3 Å². The molecule has 2 saturated heterocycles. The highest BCUT2D eigenvalue weighted by atomic mass is 16.2. The average Bonchev–Trinajstić information content (AvgIpc) is 3.12. The number of hydrogen-bond acceptors (Lipinski definition) is 4. The van der Waals surface area contributed by atoms with E-state index in [1.54, 1.807) is 6.92 Å². The Morgan fingerprint density at radius 2 is 1.83 bits per heavy atom. The molecular weight excluding hydrogens is 304 g/mol. The average molecular weight is 332 g/mol. The second-order valence-corrected chi connectivity index (χ2v) is 7.74. The molecule has 0 spiro atoms. The van der Waals surface area contributed by atoms with Crippen molar-refractivity contribution >= 4 is 11.8 Å². The van der Waals surface area contributed by atoms with Crippen LogP contribution in [0, 0.1) is 17.2 Å². The van der Waals surface area contributed by atoms with Crippen molar-refractivity contribution in [2.75, 3.05) is 19.6 Å². The maximum atomic E-state index is 12.5. The summed E-state index contributed by atoms with van der Waals surface area (Å²) in [7, 11) is 0. The molecule has 1 saturated carbocycles. The maximum absolute atomic E-state index is 12.5. The van der Waals surface area contributed by atoms with E-state index in [1.807, 2.05) is 11.8 Å². The van der Waals surface area contributed by atoms with Crippen LogP contribution in [0.2, 0.25) is 0 Å². The summed E-state index contributed by atoms with van der Waals surface area (Å²) < 4.78 is 0. The van der Waals surface area contributed by atoms with Crippen LogP contribution in [0.3, 0.4) is 0 Å². The smallest absolute Gasteiger partial charge is 0.235 e. The fourth-order valence-corrected chi connectivity index (χ4v) is 4.46. The number of carbonyl (C=O) groups is 2. The van der Waals surface area contributed by atoms with E-state index in [-0.39, 0.29) is 23.9 Å². The number of likely N-dealkylation sites (tertiary alicyclic amines) is 2. The van der Waals surface area contributed by atoms with Crippen molar-refractivity contribution in [3.8, 4) is 6.07 Å². The van der Waals surface area contributed by atoms with E-state index in [0.29, 0.717) is 12.5 Å². The highest BCUT2D eigenvalue weighted by Gasteiger charge is 2.44. The number of nitriles is 1. The van der Waals surface area contributed by atoms with Crippen LogP contribution in [0.5, 0.6) is 0 Å². The summed E-state index contributed by atoms with van der Waals surface area (Å²) in [4.78, 5) is 28.5. The molecule has 3 fully saturated rings. The van der Waals surface area contributed by atoms with Crippen LogP contribution in [-0.4, -0.2) is 58.9 Å². The largest absolute Gasteiger partial charge is 0.338 e. The van der Waals surface area contributed by atoms with E-state index in [1.165, 1.54) is 0 Å². The topological polar surface area (TPSA) is 76.4 Å². The third-order valence-electron chi connectivity index (χ3n) is 5.93. The summed E-state index contributed by atoms with van der Waals surface area (Å²) in [6, 6.07) is 2.80. The summed E-state index contributed by atoms with van der Waals surface area (Å²) in [6.45, 7) is 5.53. The van der Waals surface area contributed by atoms with Gasteiger partial charge in [-0.3, -0.25) is 14.5 Å². The number of carbonyl (C=O) groups excluding carboxylic acids is 2. The minimum atomic E-state index is -0.731. The molecule has 0 unspecified atom stereocenters. The van der Waals surface area contributed by atoms with E-state index in [0.717, 1.165) is 51.6 Å². The third-order valence-corrected chi connectivity index (χ3v) is 5.93. The Kier molecular flexibility index (Phi) is 4.82. The van der Waals surface area contributed by atoms with Gasteiger partial charge in [0.1, 0.15) is 5.54 Å². The molecule has 3 atom stereocenters. The fourth-order valence-electron chi connectivity index (χ4n) is 4.46. The lowest BCUT2D eigenvalue weighted by Crippen LogP contribution is -2.53. The van der Waals surface area contributed by atoms with Crippen LogP contribution in [-0.2, 0) is 9.59 Å². The zero-order valence-corrected chi connectivity index (χ0v) is 14.8. The summed E-state index contributed by atoms with van der Waals surface area (Å²) >= 11 is 0. The molecule has 3 aliphatic rings. The summed E-state index contributed by atoms with van der Waals surface area (Å²) in [6.07, 6.45) is 6.23. The van der Waals surface area contributed by atoms with Crippen molar-refractivity contribution in [1.82, 2.24) is 15.1 Å². The molecule has 0 radical (unpaired) electrons. The molecule has 2 amide bonds. The zero-order chi connectivity index (χ0) is 17.3. The van der Waals surface area contributed by atoms with E-state index < -0.39 is 5.54 Å². The number of rotatable bonds is 5. The number of nitrogens with zero attached hydrogens (tertiary/aromatic N) is 3. The lowest BCUT2D eigenvalue weighted by Gasteiger charge is -2.34. The van der Waals surface area contributed by atoms with Crippen LogP contribution >= 0.6 is 0 Å². The predicted molar refractivity (Wildman–Crippen MR) is 89.9 cm³/mol. The van der Waals surface area contributed by atoms with Crippen molar-refractivity contribution in [3.63, 3.8) is 0 Å². The molecule has 0 aromatic heterocycles. The molecule has 6 nitrogen and oxygen atoms in total. The Morgan fingerprint density at radius 3 is 2.46 bits per heavy atom. The van der Waals surface area contributed by atoms with E-state index in [4.69, 9.17) is 0 Å². The number of nitrogens with one attached hydrogen (secondary N) is 1. The van der Waals surface area contributed by atoms with Gasteiger partial charge >= 0.3 is 0 Å². The minimum Gasteiger partial charge on any atom is -0.338 e. The molecule has 0 bridgehead atoms. The Balaban J connectivity index is 1.60. The van der Waals surface area contributed by atoms with Gasteiger partial charge in [-0.2, -0.15) is 5.26 Å². The summed E-state index contributed by atoms with van der Waals surface area (Å²) in [5, 5.41) is 12.4. The first-order chi connectivity index (χ1) is 11.4. The second-order valence-electron chi connectivity index (χ2n) is 7.74. The molecule has 0 aromatic carbocycles. The zero-order valence-electron chi connectivity index (χ0n) is 14.8. The van der Waals surface area contributed by atoms with Crippen molar-refractivity contribution in [2.45, 2.75) is 70.0 Å². The Morgan fingerprint density at radius 1 is 1.17 bits per heavy atom. The van der Waals surface area contributed by atoms with Gasteiger partial charge in [0, 0.05) is 25.6 Å². The lowest BCUT2D eigenvalue weighted by atomic mass is 9.98. The molecule has 2 heterocycles. The molecule has 1 aliphatic carbocycles. The van der Waals surface area contributed by atoms with E-state index >= 15 is 0 Å². The van der Waals surface area contributed by atoms with Crippen LogP contribution < -0.4 is 5.32 Å². The van der Waals surface area contributed by atoms with Crippen LogP contribution in [0.25, 0.3) is 0 Å². The van der Waals surface area contributed by atoms with Gasteiger partial charge in [-0.25, -0.2) is 0 Å². The fraction of sp³-hybridized carbons (Fsp3) is 0.833. The number of hydrogen-bond donors (Lipinski definition) is 1.